The molecule has 138 valence electrons. The molecule has 0 aliphatic carbocycles. The Morgan fingerprint density at radius 3 is 2.48 bits per heavy atom. The SMILES string of the molecule is CCNC(=NCc1ccccc1)NC(C)Cc1c(C)nn(C)c1C.I. The minimum atomic E-state index is 0. The topological polar surface area (TPSA) is 54.2 Å². The van der Waals surface area contributed by atoms with Crippen LogP contribution in [0.1, 0.15) is 36.4 Å². The van der Waals surface area contributed by atoms with Crippen molar-refractivity contribution in [2.24, 2.45) is 12.0 Å². The van der Waals surface area contributed by atoms with Crippen LogP contribution in [0.5, 0.6) is 0 Å². The van der Waals surface area contributed by atoms with Crippen LogP contribution in [0.2, 0.25) is 0 Å². The van der Waals surface area contributed by atoms with Crippen LogP contribution in [0.4, 0.5) is 0 Å². The molecule has 2 rings (SSSR count). The van der Waals surface area contributed by atoms with Crippen molar-refractivity contribution in [3.63, 3.8) is 0 Å². The molecule has 0 bridgehead atoms. The van der Waals surface area contributed by atoms with Crippen molar-refractivity contribution in [3.8, 4) is 0 Å². The van der Waals surface area contributed by atoms with E-state index in [1.54, 1.807) is 0 Å². The van der Waals surface area contributed by atoms with Crippen LogP contribution in [0.3, 0.4) is 0 Å². The van der Waals surface area contributed by atoms with Gasteiger partial charge in [-0.25, -0.2) is 4.99 Å². The van der Waals surface area contributed by atoms with Gasteiger partial charge >= 0.3 is 0 Å². The summed E-state index contributed by atoms with van der Waals surface area (Å²) < 4.78 is 1.95. The Morgan fingerprint density at radius 1 is 1.24 bits per heavy atom. The smallest absolute Gasteiger partial charge is 0.191 e. The van der Waals surface area contributed by atoms with E-state index in [4.69, 9.17) is 0 Å². The van der Waals surface area contributed by atoms with E-state index in [-0.39, 0.29) is 30.0 Å². The molecule has 2 N–H and O–H groups in total. The molecule has 1 unspecified atom stereocenters. The zero-order valence-electron chi connectivity index (χ0n) is 15.8. The number of aliphatic imine (C=N–C) groups is 1. The molecule has 1 heterocycles. The van der Waals surface area contributed by atoms with Crippen LogP contribution in [-0.2, 0) is 20.0 Å². The maximum absolute atomic E-state index is 4.69. The number of benzene rings is 1. The highest BCUT2D eigenvalue weighted by Crippen LogP contribution is 2.14. The van der Waals surface area contributed by atoms with E-state index in [0.717, 1.165) is 24.6 Å². The maximum Gasteiger partial charge on any atom is 0.191 e. The van der Waals surface area contributed by atoms with Gasteiger partial charge in [0, 0.05) is 25.3 Å². The largest absolute Gasteiger partial charge is 0.357 e. The second-order valence-corrected chi connectivity index (χ2v) is 6.20. The molecule has 0 saturated heterocycles. The third-order valence-electron chi connectivity index (χ3n) is 4.16. The number of rotatable bonds is 6. The lowest BCUT2D eigenvalue weighted by Crippen LogP contribution is -2.43. The Hall–Kier alpha value is -1.57. The van der Waals surface area contributed by atoms with E-state index in [1.165, 1.54) is 16.8 Å². The van der Waals surface area contributed by atoms with E-state index in [9.17, 15) is 0 Å². The van der Waals surface area contributed by atoms with E-state index < -0.39 is 0 Å². The van der Waals surface area contributed by atoms with E-state index >= 15 is 0 Å². The maximum atomic E-state index is 4.69. The summed E-state index contributed by atoms with van der Waals surface area (Å²) in [5.41, 5.74) is 4.86. The molecule has 0 spiro atoms. The Kier molecular flexibility index (Phi) is 8.96. The monoisotopic (exact) mass is 455 g/mol. The van der Waals surface area contributed by atoms with Gasteiger partial charge in [-0.2, -0.15) is 5.10 Å². The van der Waals surface area contributed by atoms with Gasteiger partial charge in [0.1, 0.15) is 0 Å². The number of hydrogen-bond acceptors (Lipinski definition) is 2. The highest BCUT2D eigenvalue weighted by atomic mass is 127. The summed E-state index contributed by atoms with van der Waals surface area (Å²) in [6, 6.07) is 10.6. The van der Waals surface area contributed by atoms with Crippen molar-refractivity contribution in [1.29, 1.82) is 0 Å². The molecular weight excluding hydrogens is 425 g/mol. The summed E-state index contributed by atoms with van der Waals surface area (Å²) >= 11 is 0. The molecule has 25 heavy (non-hydrogen) atoms. The number of nitrogens with one attached hydrogen (secondary N) is 2. The second kappa shape index (κ2) is 10.4. The lowest BCUT2D eigenvalue weighted by molar-refractivity contribution is 0.636. The first-order valence-corrected chi connectivity index (χ1v) is 8.59. The van der Waals surface area contributed by atoms with Crippen LogP contribution >= 0.6 is 24.0 Å². The van der Waals surface area contributed by atoms with Crippen molar-refractivity contribution in [3.05, 3.63) is 52.8 Å². The number of halogens is 1. The van der Waals surface area contributed by atoms with Gasteiger partial charge in [-0.1, -0.05) is 30.3 Å². The molecule has 0 amide bonds. The van der Waals surface area contributed by atoms with Crippen molar-refractivity contribution < 1.29 is 0 Å². The normalized spacial score (nSPS) is 12.4. The Bertz CT molecular complexity index is 679. The molecule has 6 heteroatoms. The molecule has 5 nitrogen and oxygen atoms in total. The van der Waals surface area contributed by atoms with Crippen molar-refractivity contribution in [2.75, 3.05) is 6.54 Å². The van der Waals surface area contributed by atoms with Gasteiger partial charge in [-0.05, 0) is 45.2 Å². The molecule has 1 aromatic heterocycles. The Balaban J connectivity index is 0.00000312. The first-order chi connectivity index (χ1) is 11.5. The fourth-order valence-electron chi connectivity index (χ4n) is 2.78. The van der Waals surface area contributed by atoms with Crippen LogP contribution in [-0.4, -0.2) is 28.3 Å². The number of aromatic nitrogens is 2. The average Bonchev–Trinajstić information content (AvgIpc) is 2.80. The average molecular weight is 455 g/mol. The standard InChI is InChI=1S/C19H29N5.HI/c1-6-20-19(21-13-17-10-8-7-9-11-17)22-14(2)12-18-15(3)23-24(5)16(18)4;/h7-11,14H,6,12-13H2,1-5H3,(H2,20,21,22);1H. The third-order valence-corrected chi connectivity index (χ3v) is 4.16. The van der Waals surface area contributed by atoms with Gasteiger partial charge < -0.3 is 10.6 Å². The number of guanidine groups is 1. The van der Waals surface area contributed by atoms with Gasteiger partial charge in [-0.3, -0.25) is 4.68 Å². The van der Waals surface area contributed by atoms with E-state index in [2.05, 4.69) is 60.6 Å². The number of aryl methyl sites for hydroxylation is 2. The van der Waals surface area contributed by atoms with E-state index in [0.29, 0.717) is 6.54 Å². The van der Waals surface area contributed by atoms with Crippen molar-refractivity contribution in [1.82, 2.24) is 20.4 Å². The Morgan fingerprint density at radius 2 is 1.92 bits per heavy atom. The number of hydrogen-bond donors (Lipinski definition) is 2. The second-order valence-electron chi connectivity index (χ2n) is 6.20. The fourth-order valence-corrected chi connectivity index (χ4v) is 2.78. The molecule has 2 aromatic rings. The first kappa shape index (κ1) is 21.5. The molecule has 0 aliphatic rings. The molecule has 1 atom stereocenters. The van der Waals surface area contributed by atoms with Gasteiger partial charge in [-0.15, -0.1) is 24.0 Å². The fraction of sp³-hybridized carbons (Fsp3) is 0.474. The predicted octanol–water partition coefficient (Wildman–Crippen LogP) is 3.34. The van der Waals surface area contributed by atoms with Gasteiger partial charge in [0.05, 0.1) is 12.2 Å². The lowest BCUT2D eigenvalue weighted by atomic mass is 10.1. The highest BCUT2D eigenvalue weighted by molar-refractivity contribution is 14.0. The zero-order valence-corrected chi connectivity index (χ0v) is 18.2. The van der Waals surface area contributed by atoms with Crippen molar-refractivity contribution >= 4 is 29.9 Å². The summed E-state index contributed by atoms with van der Waals surface area (Å²) in [7, 11) is 2.00. The summed E-state index contributed by atoms with van der Waals surface area (Å²) in [4.78, 5) is 4.69. The summed E-state index contributed by atoms with van der Waals surface area (Å²) in [5.74, 6) is 0.855. The zero-order chi connectivity index (χ0) is 17.5. The lowest BCUT2D eigenvalue weighted by Gasteiger charge is -2.18. The molecule has 0 fully saturated rings. The molecule has 0 radical (unpaired) electrons. The van der Waals surface area contributed by atoms with Crippen LogP contribution in [0.15, 0.2) is 35.3 Å². The van der Waals surface area contributed by atoms with Crippen molar-refractivity contribution in [2.45, 2.75) is 46.7 Å². The number of nitrogens with zero attached hydrogens (tertiary/aromatic N) is 3. The third kappa shape index (κ3) is 6.34. The minimum Gasteiger partial charge on any atom is -0.357 e. The molecular formula is C19H30IN5. The molecule has 1 aromatic carbocycles. The van der Waals surface area contributed by atoms with Crippen LogP contribution in [0, 0.1) is 13.8 Å². The Labute approximate surface area is 168 Å². The van der Waals surface area contributed by atoms with Crippen LogP contribution < -0.4 is 10.6 Å². The van der Waals surface area contributed by atoms with Gasteiger partial charge in [0.15, 0.2) is 5.96 Å². The predicted molar refractivity (Wildman–Crippen MR) is 116 cm³/mol. The summed E-state index contributed by atoms with van der Waals surface area (Å²) in [6.45, 7) is 9.98. The molecule has 0 saturated carbocycles. The molecule has 0 aliphatic heterocycles. The van der Waals surface area contributed by atoms with Gasteiger partial charge in [0.25, 0.3) is 0 Å². The van der Waals surface area contributed by atoms with Gasteiger partial charge in [0.2, 0.25) is 0 Å². The van der Waals surface area contributed by atoms with E-state index in [1.807, 2.05) is 29.9 Å². The minimum absolute atomic E-state index is 0. The summed E-state index contributed by atoms with van der Waals surface area (Å²) in [6.07, 6.45) is 0.932. The highest BCUT2D eigenvalue weighted by Gasteiger charge is 2.13. The first-order valence-electron chi connectivity index (χ1n) is 8.59. The van der Waals surface area contributed by atoms with Crippen LogP contribution in [0.25, 0.3) is 0 Å². The summed E-state index contributed by atoms with van der Waals surface area (Å²) in [5, 5.41) is 11.3. The quantitative estimate of drug-likeness (QED) is 0.399.